The van der Waals surface area contributed by atoms with E-state index >= 15 is 0 Å². The molecule has 0 spiro atoms. The molecule has 0 atom stereocenters. The fourth-order valence-corrected chi connectivity index (χ4v) is 3.01. The van der Waals surface area contributed by atoms with Crippen molar-refractivity contribution in [1.29, 1.82) is 0 Å². The number of rotatable bonds is 4. The van der Waals surface area contributed by atoms with Crippen LogP contribution in [0.3, 0.4) is 0 Å². The minimum atomic E-state index is -0.406. The number of oxazole rings is 1. The molecule has 0 amide bonds. The average Bonchev–Trinajstić information content (AvgIpc) is 3.05. The third-order valence-electron chi connectivity index (χ3n) is 4.42. The van der Waals surface area contributed by atoms with E-state index in [1.807, 2.05) is 97.9 Å². The first-order valence-electron chi connectivity index (χ1n) is 8.83. The first kappa shape index (κ1) is 16.9. The van der Waals surface area contributed by atoms with Crippen molar-refractivity contribution in [3.8, 4) is 22.6 Å². The van der Waals surface area contributed by atoms with E-state index in [1.165, 1.54) is 5.56 Å². The molecule has 0 aliphatic rings. The van der Waals surface area contributed by atoms with Crippen LogP contribution in [-0.2, 0) is 0 Å². The molecule has 3 aromatic carbocycles. The Morgan fingerprint density at radius 3 is 2.00 bits per heavy atom. The summed E-state index contributed by atoms with van der Waals surface area (Å²) in [6.07, 6.45) is 3.68. The molecule has 0 saturated carbocycles. The fraction of sp³-hybridized carbons (Fsp3) is 0.0417. The Bertz CT molecular complexity index is 1120. The lowest BCUT2D eigenvalue weighted by atomic mass is 10.1. The highest BCUT2D eigenvalue weighted by atomic mass is 16.4. The maximum atomic E-state index is 12.6. The number of aromatic nitrogens is 1. The van der Waals surface area contributed by atoms with Crippen molar-refractivity contribution in [2.45, 2.75) is 6.92 Å². The molecule has 0 radical (unpaired) electrons. The number of hydrogen-bond donors (Lipinski definition) is 0. The van der Waals surface area contributed by atoms with Gasteiger partial charge in [-0.05, 0) is 18.6 Å². The smallest absolute Gasteiger partial charge is 0.407 e. The predicted molar refractivity (Wildman–Crippen MR) is 110 cm³/mol. The van der Waals surface area contributed by atoms with Gasteiger partial charge in [0.1, 0.15) is 5.69 Å². The number of benzene rings is 3. The first-order chi connectivity index (χ1) is 13.2. The predicted octanol–water partition coefficient (Wildman–Crippen LogP) is 5.71. The van der Waals surface area contributed by atoms with E-state index < -0.39 is 5.76 Å². The van der Waals surface area contributed by atoms with Crippen LogP contribution < -0.4 is 5.76 Å². The molecule has 132 valence electrons. The van der Waals surface area contributed by atoms with Crippen molar-refractivity contribution in [3.05, 3.63) is 107 Å². The molecule has 0 fully saturated rings. The van der Waals surface area contributed by atoms with Crippen LogP contribution in [-0.4, -0.2) is 4.57 Å². The number of hydrogen-bond acceptors (Lipinski definition) is 2. The van der Waals surface area contributed by atoms with Crippen LogP contribution in [0.2, 0.25) is 0 Å². The van der Waals surface area contributed by atoms with Crippen LogP contribution in [0.5, 0.6) is 0 Å². The third-order valence-corrected chi connectivity index (χ3v) is 4.42. The van der Waals surface area contributed by atoms with Crippen LogP contribution >= 0.6 is 0 Å². The van der Waals surface area contributed by atoms with E-state index in [0.29, 0.717) is 5.76 Å². The second-order valence-electron chi connectivity index (χ2n) is 6.37. The summed E-state index contributed by atoms with van der Waals surface area (Å²) in [5, 5.41) is 0. The lowest BCUT2D eigenvalue weighted by Crippen LogP contribution is -2.09. The normalized spacial score (nSPS) is 11.1. The van der Waals surface area contributed by atoms with E-state index in [-0.39, 0.29) is 0 Å². The van der Waals surface area contributed by atoms with Gasteiger partial charge in [0.05, 0.1) is 0 Å². The van der Waals surface area contributed by atoms with Crippen LogP contribution in [0.15, 0.2) is 94.1 Å². The van der Waals surface area contributed by atoms with Crippen molar-refractivity contribution < 1.29 is 4.42 Å². The highest BCUT2D eigenvalue weighted by Gasteiger charge is 2.18. The highest BCUT2D eigenvalue weighted by molar-refractivity contribution is 5.79. The monoisotopic (exact) mass is 353 g/mol. The van der Waals surface area contributed by atoms with Gasteiger partial charge in [-0.2, -0.15) is 0 Å². The Hall–Kier alpha value is -3.59. The van der Waals surface area contributed by atoms with Gasteiger partial charge in [0.25, 0.3) is 0 Å². The topological polar surface area (TPSA) is 35.1 Å². The van der Waals surface area contributed by atoms with Gasteiger partial charge in [0, 0.05) is 17.3 Å². The lowest BCUT2D eigenvalue weighted by Gasteiger charge is -2.05. The summed E-state index contributed by atoms with van der Waals surface area (Å²) in [6, 6.07) is 27.7. The molecule has 0 aliphatic heterocycles. The van der Waals surface area contributed by atoms with E-state index in [1.54, 1.807) is 10.8 Å². The van der Waals surface area contributed by atoms with E-state index in [0.717, 1.165) is 22.4 Å². The van der Waals surface area contributed by atoms with Gasteiger partial charge in [-0.25, -0.2) is 9.36 Å². The summed E-state index contributed by atoms with van der Waals surface area (Å²) in [4.78, 5) is 12.6. The standard InChI is InChI=1S/C24H19NO2/c1-18-12-14-19(15-13-18)16-17-25-22(20-8-4-2-5-9-20)23(27-24(25)26)21-10-6-3-7-11-21/h2-17H,1H3/b17-16+. The Morgan fingerprint density at radius 2 is 1.37 bits per heavy atom. The summed E-state index contributed by atoms with van der Waals surface area (Å²) in [5.74, 6) is 0.163. The molecule has 4 aromatic rings. The maximum absolute atomic E-state index is 12.6. The molecule has 1 heterocycles. The Labute approximate surface area is 157 Å². The lowest BCUT2D eigenvalue weighted by molar-refractivity contribution is 0.519. The number of aryl methyl sites for hydroxylation is 1. The molecule has 1 aromatic heterocycles. The zero-order valence-corrected chi connectivity index (χ0v) is 15.0. The van der Waals surface area contributed by atoms with Gasteiger partial charge in [-0.3, -0.25) is 0 Å². The van der Waals surface area contributed by atoms with E-state index in [4.69, 9.17) is 4.42 Å². The molecular formula is C24H19NO2. The molecular weight excluding hydrogens is 334 g/mol. The second kappa shape index (κ2) is 7.34. The SMILES string of the molecule is Cc1ccc(/C=C/n2c(-c3ccccc3)c(-c3ccccc3)oc2=O)cc1. The Kier molecular flexibility index (Phi) is 4.58. The quantitative estimate of drug-likeness (QED) is 0.471. The number of nitrogens with zero attached hydrogens (tertiary/aromatic N) is 1. The molecule has 0 N–H and O–H groups in total. The zero-order chi connectivity index (χ0) is 18.6. The average molecular weight is 353 g/mol. The molecule has 0 aliphatic carbocycles. The summed E-state index contributed by atoms with van der Waals surface area (Å²) < 4.78 is 7.22. The Balaban J connectivity index is 1.87. The molecule has 0 bridgehead atoms. The van der Waals surface area contributed by atoms with Crippen molar-refractivity contribution in [1.82, 2.24) is 4.57 Å². The molecule has 3 nitrogen and oxygen atoms in total. The summed E-state index contributed by atoms with van der Waals surface area (Å²) in [7, 11) is 0. The molecule has 0 saturated heterocycles. The molecule has 3 heteroatoms. The van der Waals surface area contributed by atoms with Gasteiger partial charge in [0.2, 0.25) is 0 Å². The largest absolute Gasteiger partial charge is 0.424 e. The zero-order valence-electron chi connectivity index (χ0n) is 15.0. The molecule has 4 rings (SSSR count). The van der Waals surface area contributed by atoms with Crippen LogP contribution in [0.4, 0.5) is 0 Å². The van der Waals surface area contributed by atoms with Crippen LogP contribution in [0.25, 0.3) is 34.9 Å². The van der Waals surface area contributed by atoms with Gasteiger partial charge in [0.15, 0.2) is 5.76 Å². The third kappa shape index (κ3) is 3.53. The van der Waals surface area contributed by atoms with E-state index in [2.05, 4.69) is 0 Å². The maximum Gasteiger partial charge on any atom is 0.424 e. The molecule has 0 unspecified atom stereocenters. The van der Waals surface area contributed by atoms with E-state index in [9.17, 15) is 4.79 Å². The first-order valence-corrected chi connectivity index (χ1v) is 8.83. The van der Waals surface area contributed by atoms with Gasteiger partial charge in [-0.1, -0.05) is 90.5 Å². The van der Waals surface area contributed by atoms with Crippen LogP contribution in [0, 0.1) is 6.92 Å². The van der Waals surface area contributed by atoms with Crippen molar-refractivity contribution in [2.75, 3.05) is 0 Å². The fourth-order valence-electron chi connectivity index (χ4n) is 3.01. The van der Waals surface area contributed by atoms with Crippen molar-refractivity contribution in [3.63, 3.8) is 0 Å². The Morgan fingerprint density at radius 1 is 0.778 bits per heavy atom. The van der Waals surface area contributed by atoms with Gasteiger partial charge >= 0.3 is 5.76 Å². The van der Waals surface area contributed by atoms with Crippen LogP contribution in [0.1, 0.15) is 11.1 Å². The summed E-state index contributed by atoms with van der Waals surface area (Å²) in [6.45, 7) is 2.05. The summed E-state index contributed by atoms with van der Waals surface area (Å²) >= 11 is 0. The van der Waals surface area contributed by atoms with Gasteiger partial charge in [-0.15, -0.1) is 0 Å². The summed E-state index contributed by atoms with van der Waals surface area (Å²) in [5.41, 5.74) is 4.76. The highest BCUT2D eigenvalue weighted by Crippen LogP contribution is 2.31. The van der Waals surface area contributed by atoms with Gasteiger partial charge < -0.3 is 4.42 Å². The van der Waals surface area contributed by atoms with Crippen molar-refractivity contribution in [2.24, 2.45) is 0 Å². The molecule has 27 heavy (non-hydrogen) atoms. The minimum Gasteiger partial charge on any atom is -0.407 e. The van der Waals surface area contributed by atoms with Crippen molar-refractivity contribution >= 4 is 12.3 Å². The minimum absolute atomic E-state index is 0.406. The second-order valence-corrected chi connectivity index (χ2v) is 6.37.